The molecule has 0 aromatic carbocycles. The SMILES string of the molecule is [2H]C(CC)C(=O)CCC. The quantitative estimate of drug-likeness (QED) is 0.548. The molecule has 0 radical (unpaired) electrons. The Morgan fingerprint density at radius 1 is 1.50 bits per heavy atom. The number of ketones is 1. The fourth-order valence-corrected chi connectivity index (χ4v) is 0.576. The first-order valence-electron chi connectivity index (χ1n) is 3.75. The standard InChI is InChI=1S/C7H14O/c1-3-5-7(8)6-4-2/h3-6H2,1-2H3/i5D. The third-order valence-electron chi connectivity index (χ3n) is 0.928. The molecule has 1 nitrogen and oxygen atoms in total. The predicted octanol–water partition coefficient (Wildman–Crippen LogP) is 2.16. The monoisotopic (exact) mass is 115 g/mol. The van der Waals surface area contributed by atoms with Crippen LogP contribution in [0.15, 0.2) is 0 Å². The predicted molar refractivity (Wildman–Crippen MR) is 34.8 cm³/mol. The van der Waals surface area contributed by atoms with Crippen molar-refractivity contribution >= 4 is 5.78 Å². The van der Waals surface area contributed by atoms with Crippen LogP contribution in [0.25, 0.3) is 0 Å². The molecule has 0 spiro atoms. The molecule has 48 valence electrons. The Morgan fingerprint density at radius 2 is 2.12 bits per heavy atom. The van der Waals surface area contributed by atoms with E-state index in [2.05, 4.69) is 0 Å². The average Bonchev–Trinajstić information content (AvgIpc) is 1.87. The van der Waals surface area contributed by atoms with Crippen LogP contribution in [0, 0.1) is 0 Å². The summed E-state index contributed by atoms with van der Waals surface area (Å²) in [7, 11) is 0. The largest absolute Gasteiger partial charge is 0.300 e. The highest BCUT2D eigenvalue weighted by atomic mass is 16.1. The second-order valence-corrected chi connectivity index (χ2v) is 1.83. The highest BCUT2D eigenvalue weighted by Gasteiger charge is 1.94. The molecule has 0 heterocycles. The Morgan fingerprint density at radius 3 is 2.50 bits per heavy atom. The van der Waals surface area contributed by atoms with Gasteiger partial charge < -0.3 is 0 Å². The van der Waals surface area contributed by atoms with Gasteiger partial charge in [-0.1, -0.05) is 13.8 Å². The molecular formula is C7H14O. The third kappa shape index (κ3) is 3.85. The molecule has 0 saturated heterocycles. The molecule has 0 rings (SSSR count). The van der Waals surface area contributed by atoms with E-state index in [9.17, 15) is 4.79 Å². The molecule has 1 atom stereocenters. The van der Waals surface area contributed by atoms with Gasteiger partial charge in [-0.25, -0.2) is 0 Å². The van der Waals surface area contributed by atoms with Gasteiger partial charge in [-0.3, -0.25) is 4.79 Å². The summed E-state index contributed by atoms with van der Waals surface area (Å²) in [5, 5.41) is 0. The first-order chi connectivity index (χ1) is 4.22. The zero-order valence-electron chi connectivity index (χ0n) is 6.61. The molecule has 0 fully saturated rings. The van der Waals surface area contributed by atoms with Crippen molar-refractivity contribution in [2.24, 2.45) is 0 Å². The maximum atomic E-state index is 10.8. The van der Waals surface area contributed by atoms with Crippen LogP contribution in [0.5, 0.6) is 0 Å². The molecule has 0 amide bonds. The van der Waals surface area contributed by atoms with Crippen molar-refractivity contribution in [2.45, 2.75) is 39.5 Å². The molecule has 0 N–H and O–H groups in total. The Hall–Kier alpha value is -0.330. The summed E-state index contributed by atoms with van der Waals surface area (Å²) in [5.74, 6) is 0.0833. The van der Waals surface area contributed by atoms with Crippen molar-refractivity contribution in [2.75, 3.05) is 0 Å². The smallest absolute Gasteiger partial charge is 0.132 e. The molecule has 0 aromatic rings. The fraction of sp³-hybridized carbons (Fsp3) is 0.857. The molecule has 0 aliphatic carbocycles. The zero-order valence-corrected chi connectivity index (χ0v) is 5.61. The molecule has 0 bridgehead atoms. The van der Waals surface area contributed by atoms with Crippen LogP contribution in [0.4, 0.5) is 0 Å². The first-order valence-corrected chi connectivity index (χ1v) is 3.17. The van der Waals surface area contributed by atoms with Crippen molar-refractivity contribution in [3.05, 3.63) is 0 Å². The molecule has 0 saturated carbocycles. The minimum Gasteiger partial charge on any atom is -0.300 e. The minimum atomic E-state index is -0.468. The molecule has 0 aliphatic heterocycles. The van der Waals surface area contributed by atoms with Gasteiger partial charge >= 0.3 is 0 Å². The van der Waals surface area contributed by atoms with Gasteiger partial charge in [-0.05, 0) is 12.8 Å². The van der Waals surface area contributed by atoms with Crippen LogP contribution in [0.3, 0.4) is 0 Å². The van der Waals surface area contributed by atoms with E-state index in [1.807, 2.05) is 13.8 Å². The summed E-state index contributed by atoms with van der Waals surface area (Å²) in [6.45, 7) is 3.82. The Kier molecular flexibility index (Phi) is 3.49. The van der Waals surface area contributed by atoms with Crippen LogP contribution >= 0.6 is 0 Å². The van der Waals surface area contributed by atoms with E-state index in [0.29, 0.717) is 12.8 Å². The lowest BCUT2D eigenvalue weighted by atomic mass is 10.1. The van der Waals surface area contributed by atoms with Crippen LogP contribution in [0.1, 0.15) is 40.9 Å². The van der Waals surface area contributed by atoms with Crippen LogP contribution in [0.2, 0.25) is 0 Å². The minimum absolute atomic E-state index is 0.0833. The van der Waals surface area contributed by atoms with Crippen molar-refractivity contribution in [3.63, 3.8) is 0 Å². The molecule has 0 aliphatic rings. The van der Waals surface area contributed by atoms with Gasteiger partial charge in [-0.2, -0.15) is 0 Å². The summed E-state index contributed by atoms with van der Waals surface area (Å²) in [4.78, 5) is 10.8. The lowest BCUT2D eigenvalue weighted by molar-refractivity contribution is -0.119. The molecular weight excluding hydrogens is 100 g/mol. The summed E-state index contributed by atoms with van der Waals surface area (Å²) >= 11 is 0. The van der Waals surface area contributed by atoms with E-state index < -0.39 is 6.40 Å². The van der Waals surface area contributed by atoms with E-state index in [1.165, 1.54) is 0 Å². The first kappa shape index (κ1) is 5.80. The maximum absolute atomic E-state index is 10.8. The lowest BCUT2D eigenvalue weighted by Gasteiger charge is -1.91. The van der Waals surface area contributed by atoms with Gasteiger partial charge in [0.15, 0.2) is 0 Å². The van der Waals surface area contributed by atoms with Crippen LogP contribution in [-0.2, 0) is 4.79 Å². The van der Waals surface area contributed by atoms with Crippen LogP contribution < -0.4 is 0 Å². The van der Waals surface area contributed by atoms with E-state index >= 15 is 0 Å². The summed E-state index contributed by atoms with van der Waals surface area (Å²) in [5.41, 5.74) is 0. The second-order valence-electron chi connectivity index (χ2n) is 1.83. The molecule has 0 aromatic heterocycles. The van der Waals surface area contributed by atoms with Crippen molar-refractivity contribution in [1.29, 1.82) is 0 Å². The number of carbonyl (C=O) groups excluding carboxylic acids is 1. The lowest BCUT2D eigenvalue weighted by Crippen LogP contribution is -1.93. The van der Waals surface area contributed by atoms with Gasteiger partial charge in [-0.15, -0.1) is 0 Å². The molecule has 1 heteroatoms. The van der Waals surface area contributed by atoms with E-state index in [1.54, 1.807) is 0 Å². The van der Waals surface area contributed by atoms with Gasteiger partial charge in [0, 0.05) is 14.2 Å². The number of Topliss-reactive ketones (excluding diaryl/α,β-unsaturated/α-hetero) is 1. The second kappa shape index (κ2) is 4.82. The average molecular weight is 115 g/mol. The number of carbonyl (C=O) groups is 1. The van der Waals surface area contributed by atoms with Crippen LogP contribution in [-0.4, -0.2) is 5.78 Å². The highest BCUT2D eigenvalue weighted by Crippen LogP contribution is 1.95. The number of hydrogen-bond donors (Lipinski definition) is 0. The highest BCUT2D eigenvalue weighted by molar-refractivity contribution is 5.78. The Balaban J connectivity index is 3.46. The van der Waals surface area contributed by atoms with Gasteiger partial charge in [0.25, 0.3) is 0 Å². The zero-order chi connectivity index (χ0) is 7.28. The fourth-order valence-electron chi connectivity index (χ4n) is 0.576. The van der Waals surface area contributed by atoms with Crippen molar-refractivity contribution < 1.29 is 6.17 Å². The maximum Gasteiger partial charge on any atom is 0.132 e. The van der Waals surface area contributed by atoms with E-state index in [4.69, 9.17) is 1.37 Å². The Bertz CT molecular complexity index is 90.9. The Labute approximate surface area is 52.5 Å². The number of rotatable bonds is 4. The van der Waals surface area contributed by atoms with E-state index in [0.717, 1.165) is 6.42 Å². The molecule has 8 heavy (non-hydrogen) atoms. The summed E-state index contributed by atoms with van der Waals surface area (Å²) in [6.07, 6.45) is 1.62. The van der Waals surface area contributed by atoms with Gasteiger partial charge in [0.05, 0.1) is 0 Å². The van der Waals surface area contributed by atoms with Crippen molar-refractivity contribution in [1.82, 2.24) is 0 Å². The summed E-state index contributed by atoms with van der Waals surface area (Å²) < 4.78 is 7.18. The topological polar surface area (TPSA) is 17.1 Å². The summed E-state index contributed by atoms with van der Waals surface area (Å²) in [6, 6.07) is 0. The van der Waals surface area contributed by atoms with Gasteiger partial charge in [0.1, 0.15) is 5.78 Å². The van der Waals surface area contributed by atoms with Gasteiger partial charge in [0.2, 0.25) is 0 Å². The number of hydrogen-bond acceptors (Lipinski definition) is 1. The van der Waals surface area contributed by atoms with E-state index in [-0.39, 0.29) is 5.78 Å². The van der Waals surface area contributed by atoms with Crippen molar-refractivity contribution in [3.8, 4) is 0 Å². The normalized spacial score (nSPS) is 15.0. The molecule has 1 unspecified atom stereocenters. The third-order valence-corrected chi connectivity index (χ3v) is 0.928.